The summed E-state index contributed by atoms with van der Waals surface area (Å²) in [6.07, 6.45) is 5.87. The second-order valence-corrected chi connectivity index (χ2v) is 6.87. The van der Waals surface area contributed by atoms with E-state index in [2.05, 4.69) is 22.4 Å². The van der Waals surface area contributed by atoms with Gasteiger partial charge in [0.05, 0.1) is 13.3 Å². The number of methoxy groups -OCH3 is 1. The summed E-state index contributed by atoms with van der Waals surface area (Å²) in [4.78, 5) is 14.8. The number of aryl methyl sites for hydroxylation is 1. The lowest BCUT2D eigenvalue weighted by Crippen LogP contribution is -2.35. The zero-order chi connectivity index (χ0) is 19.2. The van der Waals surface area contributed by atoms with Gasteiger partial charge in [-0.3, -0.25) is 9.48 Å². The van der Waals surface area contributed by atoms with Crippen molar-refractivity contribution in [3.05, 3.63) is 41.7 Å². The van der Waals surface area contributed by atoms with Crippen LogP contribution in [0.5, 0.6) is 11.5 Å². The number of likely N-dealkylation sites (tertiary alicyclic amines) is 1. The van der Waals surface area contributed by atoms with Crippen molar-refractivity contribution in [3.8, 4) is 11.5 Å². The van der Waals surface area contributed by atoms with Crippen molar-refractivity contribution in [1.82, 2.24) is 20.0 Å². The molecular weight excluding hydrogens is 344 g/mol. The zero-order valence-corrected chi connectivity index (χ0v) is 16.3. The van der Waals surface area contributed by atoms with Gasteiger partial charge in [0.1, 0.15) is 6.10 Å². The number of nitrogens with one attached hydrogen (secondary N) is 1. The van der Waals surface area contributed by atoms with Crippen molar-refractivity contribution in [2.75, 3.05) is 27.2 Å². The molecule has 0 aliphatic carbocycles. The predicted molar refractivity (Wildman–Crippen MR) is 103 cm³/mol. The average Bonchev–Trinajstić information content (AvgIpc) is 3.16. The Kier molecular flexibility index (Phi) is 6.34. The van der Waals surface area contributed by atoms with Crippen LogP contribution in [0, 0.1) is 0 Å². The number of benzene rings is 1. The molecule has 3 rings (SSSR count). The molecule has 27 heavy (non-hydrogen) atoms. The minimum atomic E-state index is -0.150. The largest absolute Gasteiger partial charge is 0.493 e. The highest BCUT2D eigenvalue weighted by atomic mass is 16.5. The molecule has 7 heteroatoms. The van der Waals surface area contributed by atoms with E-state index < -0.39 is 0 Å². The maximum atomic E-state index is 12.5. The van der Waals surface area contributed by atoms with Crippen molar-refractivity contribution in [3.63, 3.8) is 0 Å². The molecule has 0 unspecified atom stereocenters. The van der Waals surface area contributed by atoms with Gasteiger partial charge in [0, 0.05) is 43.5 Å². The normalized spacial score (nSPS) is 15.5. The van der Waals surface area contributed by atoms with Crippen LogP contribution < -0.4 is 14.8 Å². The molecule has 0 saturated carbocycles. The van der Waals surface area contributed by atoms with Crippen LogP contribution in [0.15, 0.2) is 30.6 Å². The van der Waals surface area contributed by atoms with Gasteiger partial charge in [0.2, 0.25) is 0 Å². The highest BCUT2D eigenvalue weighted by Gasteiger charge is 2.20. The van der Waals surface area contributed by atoms with E-state index in [1.807, 2.05) is 23.9 Å². The zero-order valence-electron chi connectivity index (χ0n) is 16.3. The van der Waals surface area contributed by atoms with Crippen LogP contribution >= 0.6 is 0 Å². The standard InChI is InChI=1S/C20H28N4O3/c1-4-24-14-15(13-22-24)12-21-20(25)16-5-6-18(19(11-16)26-3)27-17-7-9-23(2)10-8-17/h5-6,11,13-14,17H,4,7-10,12H2,1-3H3,(H,21,25). The van der Waals surface area contributed by atoms with Gasteiger partial charge in [0.25, 0.3) is 5.91 Å². The number of aromatic nitrogens is 2. The molecule has 1 fully saturated rings. The summed E-state index contributed by atoms with van der Waals surface area (Å²) in [5.41, 5.74) is 1.52. The minimum Gasteiger partial charge on any atom is -0.493 e. The first-order valence-electron chi connectivity index (χ1n) is 9.41. The number of hydrogen-bond acceptors (Lipinski definition) is 5. The first kappa shape index (κ1) is 19.2. The third-order valence-corrected chi connectivity index (χ3v) is 4.85. The molecule has 7 nitrogen and oxygen atoms in total. The smallest absolute Gasteiger partial charge is 0.251 e. The van der Waals surface area contributed by atoms with Gasteiger partial charge in [0.15, 0.2) is 11.5 Å². The Hall–Kier alpha value is -2.54. The van der Waals surface area contributed by atoms with E-state index in [1.165, 1.54) is 0 Å². The van der Waals surface area contributed by atoms with Gasteiger partial charge in [-0.2, -0.15) is 5.10 Å². The number of nitrogens with zero attached hydrogens (tertiary/aromatic N) is 3. The maximum Gasteiger partial charge on any atom is 0.251 e. The lowest BCUT2D eigenvalue weighted by atomic mass is 10.1. The van der Waals surface area contributed by atoms with Gasteiger partial charge in [-0.1, -0.05) is 0 Å². The van der Waals surface area contributed by atoms with Gasteiger partial charge >= 0.3 is 0 Å². The molecule has 146 valence electrons. The molecule has 2 aromatic rings. The maximum absolute atomic E-state index is 12.5. The van der Waals surface area contributed by atoms with Crippen LogP contribution in [-0.4, -0.2) is 53.9 Å². The summed E-state index contributed by atoms with van der Waals surface area (Å²) in [5.74, 6) is 1.12. The lowest BCUT2D eigenvalue weighted by molar-refractivity contribution is 0.0950. The molecule has 1 aromatic carbocycles. The van der Waals surface area contributed by atoms with Gasteiger partial charge in [-0.05, 0) is 45.0 Å². The molecule has 0 radical (unpaired) electrons. The Balaban J connectivity index is 1.61. The molecule has 0 atom stereocenters. The summed E-state index contributed by atoms with van der Waals surface area (Å²) in [5, 5.41) is 7.13. The Bertz CT molecular complexity index is 766. The van der Waals surface area contributed by atoms with E-state index in [4.69, 9.17) is 9.47 Å². The second kappa shape index (κ2) is 8.90. The minimum absolute atomic E-state index is 0.150. The van der Waals surface area contributed by atoms with E-state index >= 15 is 0 Å². The quantitative estimate of drug-likeness (QED) is 0.808. The van der Waals surface area contributed by atoms with Crippen molar-refractivity contribution < 1.29 is 14.3 Å². The van der Waals surface area contributed by atoms with Crippen molar-refractivity contribution in [2.45, 2.75) is 39.0 Å². The Morgan fingerprint density at radius 3 is 2.74 bits per heavy atom. The Morgan fingerprint density at radius 1 is 1.30 bits per heavy atom. The first-order valence-corrected chi connectivity index (χ1v) is 9.41. The number of ether oxygens (including phenoxy) is 2. The monoisotopic (exact) mass is 372 g/mol. The number of hydrogen-bond donors (Lipinski definition) is 1. The van der Waals surface area contributed by atoms with Crippen LogP contribution in [0.1, 0.15) is 35.7 Å². The highest BCUT2D eigenvalue weighted by Crippen LogP contribution is 2.30. The molecule has 1 amide bonds. The fourth-order valence-corrected chi connectivity index (χ4v) is 3.14. The molecule has 1 aliphatic rings. The Morgan fingerprint density at radius 2 is 2.07 bits per heavy atom. The second-order valence-electron chi connectivity index (χ2n) is 6.87. The van der Waals surface area contributed by atoms with E-state index in [-0.39, 0.29) is 12.0 Å². The van der Waals surface area contributed by atoms with E-state index in [9.17, 15) is 4.79 Å². The number of piperidine rings is 1. The highest BCUT2D eigenvalue weighted by molar-refractivity contribution is 5.94. The fraction of sp³-hybridized carbons (Fsp3) is 0.500. The van der Waals surface area contributed by atoms with E-state index in [1.54, 1.807) is 25.4 Å². The summed E-state index contributed by atoms with van der Waals surface area (Å²) >= 11 is 0. The molecule has 0 spiro atoms. The number of amides is 1. The van der Waals surface area contributed by atoms with E-state index in [0.717, 1.165) is 38.0 Å². The first-order chi connectivity index (χ1) is 13.1. The van der Waals surface area contributed by atoms with Crippen LogP contribution in [0.3, 0.4) is 0 Å². The molecule has 1 aromatic heterocycles. The molecule has 2 heterocycles. The van der Waals surface area contributed by atoms with Crippen molar-refractivity contribution in [1.29, 1.82) is 0 Å². The predicted octanol–water partition coefficient (Wildman–Crippen LogP) is 2.31. The fourth-order valence-electron chi connectivity index (χ4n) is 3.14. The summed E-state index contributed by atoms with van der Waals surface area (Å²) in [6, 6.07) is 5.33. The average molecular weight is 372 g/mol. The van der Waals surface area contributed by atoms with Crippen LogP contribution in [-0.2, 0) is 13.1 Å². The Labute approximate surface area is 160 Å². The van der Waals surface area contributed by atoms with Gasteiger partial charge in [-0.25, -0.2) is 0 Å². The van der Waals surface area contributed by atoms with Crippen LogP contribution in [0.25, 0.3) is 0 Å². The summed E-state index contributed by atoms with van der Waals surface area (Å²) < 4.78 is 13.4. The van der Waals surface area contributed by atoms with Crippen molar-refractivity contribution in [2.24, 2.45) is 0 Å². The molecule has 0 bridgehead atoms. The van der Waals surface area contributed by atoms with Crippen LogP contribution in [0.2, 0.25) is 0 Å². The summed E-state index contributed by atoms with van der Waals surface area (Å²) in [7, 11) is 3.72. The third-order valence-electron chi connectivity index (χ3n) is 4.85. The molecule has 1 saturated heterocycles. The topological polar surface area (TPSA) is 68.6 Å². The summed E-state index contributed by atoms with van der Waals surface area (Å²) in [6.45, 7) is 5.33. The SMILES string of the molecule is CCn1cc(CNC(=O)c2ccc(OC3CCN(C)CC3)c(OC)c2)cn1. The van der Waals surface area contributed by atoms with Gasteiger partial charge < -0.3 is 19.7 Å². The molecule has 1 N–H and O–H groups in total. The van der Waals surface area contributed by atoms with Gasteiger partial charge in [-0.15, -0.1) is 0 Å². The number of rotatable bonds is 7. The molecule has 1 aliphatic heterocycles. The van der Waals surface area contributed by atoms with Crippen molar-refractivity contribution >= 4 is 5.91 Å². The number of carbonyl (C=O) groups is 1. The van der Waals surface area contributed by atoms with E-state index in [0.29, 0.717) is 23.6 Å². The lowest BCUT2D eigenvalue weighted by Gasteiger charge is -2.29. The third kappa shape index (κ3) is 5.01. The molecular formula is C20H28N4O3. The number of carbonyl (C=O) groups excluding carboxylic acids is 1. The van der Waals surface area contributed by atoms with Crippen LogP contribution in [0.4, 0.5) is 0 Å².